The molecule has 0 saturated carbocycles. The van der Waals surface area contributed by atoms with Crippen LogP contribution in [0.3, 0.4) is 0 Å². The summed E-state index contributed by atoms with van der Waals surface area (Å²) < 4.78 is 7.56. The Morgan fingerprint density at radius 1 is 1.36 bits per heavy atom. The second kappa shape index (κ2) is 6.45. The van der Waals surface area contributed by atoms with E-state index in [9.17, 15) is 0 Å². The van der Waals surface area contributed by atoms with Crippen LogP contribution in [-0.4, -0.2) is 39.4 Å². The molecule has 1 aliphatic heterocycles. The van der Waals surface area contributed by atoms with Crippen molar-refractivity contribution in [3.63, 3.8) is 0 Å². The van der Waals surface area contributed by atoms with E-state index in [1.807, 2.05) is 11.4 Å². The zero-order valence-electron chi connectivity index (χ0n) is 11.6. The van der Waals surface area contributed by atoms with Crippen LogP contribution in [0.1, 0.15) is 12.8 Å². The minimum absolute atomic E-state index is 0.299. The molecule has 0 aromatic carbocycles. The Bertz CT molecular complexity index is 768. The van der Waals surface area contributed by atoms with Gasteiger partial charge in [-0.2, -0.15) is 0 Å². The van der Waals surface area contributed by atoms with Crippen molar-refractivity contribution in [2.75, 3.05) is 18.5 Å². The average Bonchev–Trinajstić information content (AvgIpc) is 3.27. The molecule has 9 heteroatoms. The van der Waals surface area contributed by atoms with Crippen molar-refractivity contribution in [1.82, 2.24) is 20.2 Å². The van der Waals surface area contributed by atoms with Gasteiger partial charge >= 0.3 is 0 Å². The molecule has 3 aromatic heterocycles. The summed E-state index contributed by atoms with van der Waals surface area (Å²) in [6.45, 7) is 1.66. The van der Waals surface area contributed by atoms with Gasteiger partial charge in [-0.3, -0.25) is 0 Å². The van der Waals surface area contributed by atoms with Crippen LogP contribution in [0.4, 0.5) is 5.13 Å². The summed E-state index contributed by atoms with van der Waals surface area (Å²) in [6.07, 6.45) is 4.15. The predicted molar refractivity (Wildman–Crippen MR) is 88.9 cm³/mol. The smallest absolute Gasteiger partial charge is 0.206 e. The average molecular weight is 351 g/mol. The number of nitrogens with one attached hydrogen (secondary N) is 1. The highest BCUT2D eigenvalue weighted by molar-refractivity contribution is 8.01. The first-order valence-electron chi connectivity index (χ1n) is 6.93. The van der Waals surface area contributed by atoms with Gasteiger partial charge in [-0.05, 0) is 36.0 Å². The van der Waals surface area contributed by atoms with E-state index in [1.165, 1.54) is 11.8 Å². The fraction of sp³-hybridized carbons (Fsp3) is 0.385. The van der Waals surface area contributed by atoms with Crippen LogP contribution >= 0.6 is 34.4 Å². The van der Waals surface area contributed by atoms with E-state index in [1.54, 1.807) is 29.0 Å². The minimum Gasteiger partial charge on any atom is -0.376 e. The Balaban J connectivity index is 1.44. The Hall–Kier alpha value is -1.29. The summed E-state index contributed by atoms with van der Waals surface area (Å²) in [5.74, 6) is 0. The van der Waals surface area contributed by atoms with Crippen molar-refractivity contribution in [2.24, 2.45) is 0 Å². The normalized spacial score (nSPS) is 18.1. The molecule has 1 N–H and O–H groups in total. The van der Waals surface area contributed by atoms with E-state index in [4.69, 9.17) is 4.74 Å². The first-order valence-corrected chi connectivity index (χ1v) is 9.45. The summed E-state index contributed by atoms with van der Waals surface area (Å²) in [6, 6.07) is 2.00. The Morgan fingerprint density at radius 3 is 3.27 bits per heavy atom. The number of fused-ring (bicyclic) bond motifs is 1. The zero-order chi connectivity index (χ0) is 14.8. The largest absolute Gasteiger partial charge is 0.376 e. The van der Waals surface area contributed by atoms with Crippen molar-refractivity contribution >= 4 is 49.8 Å². The van der Waals surface area contributed by atoms with Gasteiger partial charge in [0.25, 0.3) is 0 Å². The molecule has 0 radical (unpaired) electrons. The maximum atomic E-state index is 5.59. The highest BCUT2D eigenvalue weighted by atomic mass is 32.2. The molecular formula is C13H13N5OS3. The van der Waals surface area contributed by atoms with Crippen molar-refractivity contribution < 1.29 is 4.74 Å². The molecule has 1 saturated heterocycles. The summed E-state index contributed by atoms with van der Waals surface area (Å²) in [4.78, 5) is 8.60. The molecule has 6 nitrogen and oxygen atoms in total. The molecule has 4 rings (SSSR count). The summed E-state index contributed by atoms with van der Waals surface area (Å²) in [5, 5.41) is 15.5. The first kappa shape index (κ1) is 14.3. The number of aromatic nitrogens is 4. The molecule has 1 aliphatic rings. The van der Waals surface area contributed by atoms with E-state index >= 15 is 0 Å². The minimum atomic E-state index is 0.299. The van der Waals surface area contributed by atoms with Crippen LogP contribution in [-0.2, 0) is 4.74 Å². The van der Waals surface area contributed by atoms with Gasteiger partial charge in [0.05, 0.1) is 16.3 Å². The third-order valence-electron chi connectivity index (χ3n) is 3.31. The number of hydrogen-bond donors (Lipinski definition) is 1. The summed E-state index contributed by atoms with van der Waals surface area (Å²) >= 11 is 4.72. The molecule has 0 amide bonds. The standard InChI is InChI=1S/C13H13N5OS3/c1-2-8(19-4-1)6-14-12-17-18-13(22-12)21-11-10-9(3-5-20-10)15-7-16-11/h3,5,7-8H,1-2,4,6H2,(H,14,17)/t8-/m1/s1. The van der Waals surface area contributed by atoms with Crippen LogP contribution in [0.15, 0.2) is 27.1 Å². The van der Waals surface area contributed by atoms with Crippen LogP contribution in [0.2, 0.25) is 0 Å². The van der Waals surface area contributed by atoms with Crippen molar-refractivity contribution in [1.29, 1.82) is 0 Å². The highest BCUT2D eigenvalue weighted by Crippen LogP contribution is 2.36. The predicted octanol–water partition coefficient (Wildman–Crippen LogP) is 3.28. The lowest BCUT2D eigenvalue weighted by molar-refractivity contribution is 0.120. The fourth-order valence-electron chi connectivity index (χ4n) is 2.25. The summed E-state index contributed by atoms with van der Waals surface area (Å²) in [7, 11) is 0. The lowest BCUT2D eigenvalue weighted by Gasteiger charge is -2.08. The van der Waals surface area contributed by atoms with Gasteiger partial charge in [0, 0.05) is 13.2 Å². The molecule has 1 atom stereocenters. The number of nitrogens with zero attached hydrogens (tertiary/aromatic N) is 4. The van der Waals surface area contributed by atoms with Gasteiger partial charge in [0.15, 0.2) is 4.34 Å². The third kappa shape index (κ3) is 3.07. The van der Waals surface area contributed by atoms with E-state index in [0.29, 0.717) is 6.10 Å². The quantitative estimate of drug-likeness (QED) is 0.707. The number of hydrogen-bond acceptors (Lipinski definition) is 9. The van der Waals surface area contributed by atoms with Crippen LogP contribution in [0.25, 0.3) is 10.2 Å². The topological polar surface area (TPSA) is 72.8 Å². The fourth-order valence-corrected chi connectivity index (χ4v) is 4.92. The second-order valence-corrected chi connectivity index (χ2v) is 7.93. The zero-order valence-corrected chi connectivity index (χ0v) is 14.0. The van der Waals surface area contributed by atoms with Gasteiger partial charge in [-0.1, -0.05) is 11.3 Å². The number of rotatable bonds is 5. The number of anilines is 1. The molecule has 22 heavy (non-hydrogen) atoms. The highest BCUT2D eigenvalue weighted by Gasteiger charge is 2.16. The molecule has 0 unspecified atom stereocenters. The van der Waals surface area contributed by atoms with Gasteiger partial charge in [0.2, 0.25) is 5.13 Å². The molecule has 3 aromatic rings. The molecule has 0 spiro atoms. The third-order valence-corrected chi connectivity index (χ3v) is 6.28. The van der Waals surface area contributed by atoms with E-state index < -0.39 is 0 Å². The Kier molecular flexibility index (Phi) is 4.20. The maximum Gasteiger partial charge on any atom is 0.206 e. The number of thiophene rings is 1. The van der Waals surface area contributed by atoms with Gasteiger partial charge in [-0.15, -0.1) is 21.5 Å². The van der Waals surface area contributed by atoms with E-state index in [-0.39, 0.29) is 0 Å². The van der Waals surface area contributed by atoms with Crippen molar-refractivity contribution in [3.8, 4) is 0 Å². The van der Waals surface area contributed by atoms with Gasteiger partial charge in [0.1, 0.15) is 11.4 Å². The van der Waals surface area contributed by atoms with Gasteiger partial charge < -0.3 is 10.1 Å². The molecule has 4 heterocycles. The molecule has 1 fully saturated rings. The molecule has 114 valence electrons. The van der Waals surface area contributed by atoms with Gasteiger partial charge in [-0.25, -0.2) is 9.97 Å². The SMILES string of the molecule is c1nc(Sc2nnc(NC[C@H]3CCCO3)s2)c2sccc2n1. The van der Waals surface area contributed by atoms with Crippen LogP contribution in [0, 0.1) is 0 Å². The molecule has 0 aliphatic carbocycles. The van der Waals surface area contributed by atoms with Crippen LogP contribution < -0.4 is 5.32 Å². The van der Waals surface area contributed by atoms with Crippen LogP contribution in [0.5, 0.6) is 0 Å². The first-order chi connectivity index (χ1) is 10.9. The Labute approximate surface area is 139 Å². The second-order valence-electron chi connectivity index (χ2n) is 4.80. The summed E-state index contributed by atoms with van der Waals surface area (Å²) in [5.41, 5.74) is 0.976. The molecule has 0 bridgehead atoms. The maximum absolute atomic E-state index is 5.59. The van der Waals surface area contributed by atoms with E-state index in [0.717, 1.165) is 50.7 Å². The van der Waals surface area contributed by atoms with E-state index in [2.05, 4.69) is 25.5 Å². The number of ether oxygens (including phenoxy) is 1. The van der Waals surface area contributed by atoms with Crippen molar-refractivity contribution in [2.45, 2.75) is 28.3 Å². The lowest BCUT2D eigenvalue weighted by Crippen LogP contribution is -2.18. The van der Waals surface area contributed by atoms with Crippen molar-refractivity contribution in [3.05, 3.63) is 17.8 Å². The Morgan fingerprint density at radius 2 is 2.36 bits per heavy atom. The monoisotopic (exact) mass is 351 g/mol. The lowest BCUT2D eigenvalue weighted by atomic mass is 10.2. The molecular weight excluding hydrogens is 338 g/mol.